The Morgan fingerprint density at radius 3 is 2.33 bits per heavy atom. The molecule has 5 heteroatoms. The SMILES string of the molecule is Cc1nc(C2CCCCCC2)nc(N)c1C(=O)O. The average Bonchev–Trinajstić information content (AvgIpc) is 2.55. The third-order valence-electron chi connectivity index (χ3n) is 3.57. The molecule has 1 aromatic rings. The Balaban J connectivity index is 2.31. The van der Waals surface area contributed by atoms with E-state index in [-0.39, 0.29) is 11.4 Å². The van der Waals surface area contributed by atoms with Crippen molar-refractivity contribution in [2.24, 2.45) is 0 Å². The van der Waals surface area contributed by atoms with Crippen LogP contribution in [-0.4, -0.2) is 21.0 Å². The van der Waals surface area contributed by atoms with Gasteiger partial charge in [-0.05, 0) is 19.8 Å². The maximum atomic E-state index is 11.0. The highest BCUT2D eigenvalue weighted by Gasteiger charge is 2.21. The fraction of sp³-hybridized carbons (Fsp3) is 0.615. The van der Waals surface area contributed by atoms with E-state index in [1.165, 1.54) is 25.7 Å². The van der Waals surface area contributed by atoms with Gasteiger partial charge in [0.2, 0.25) is 0 Å². The summed E-state index contributed by atoms with van der Waals surface area (Å²) in [5.74, 6) is 0.0832. The molecule has 0 bridgehead atoms. The van der Waals surface area contributed by atoms with Crippen molar-refractivity contribution in [3.05, 3.63) is 17.1 Å². The Hall–Kier alpha value is -1.65. The summed E-state index contributed by atoms with van der Waals surface area (Å²) < 4.78 is 0. The van der Waals surface area contributed by atoms with Gasteiger partial charge in [0, 0.05) is 5.92 Å². The van der Waals surface area contributed by atoms with Crippen molar-refractivity contribution in [1.29, 1.82) is 0 Å². The lowest BCUT2D eigenvalue weighted by atomic mass is 9.99. The van der Waals surface area contributed by atoms with Crippen molar-refractivity contribution in [3.63, 3.8) is 0 Å². The molecule has 1 aliphatic rings. The van der Waals surface area contributed by atoms with Gasteiger partial charge in [-0.1, -0.05) is 25.7 Å². The summed E-state index contributed by atoms with van der Waals surface area (Å²) in [5.41, 5.74) is 6.24. The summed E-state index contributed by atoms with van der Waals surface area (Å²) in [7, 11) is 0. The second-order valence-electron chi connectivity index (χ2n) is 4.92. The molecule has 1 saturated carbocycles. The molecule has 1 fully saturated rings. The molecule has 3 N–H and O–H groups in total. The molecule has 5 nitrogen and oxygen atoms in total. The molecule has 1 aliphatic carbocycles. The number of rotatable bonds is 2. The van der Waals surface area contributed by atoms with E-state index in [9.17, 15) is 4.79 Å². The van der Waals surface area contributed by atoms with E-state index in [4.69, 9.17) is 10.8 Å². The van der Waals surface area contributed by atoms with Gasteiger partial charge in [0.1, 0.15) is 17.2 Å². The van der Waals surface area contributed by atoms with Crippen molar-refractivity contribution in [1.82, 2.24) is 9.97 Å². The number of carboxylic acids is 1. The highest BCUT2D eigenvalue weighted by molar-refractivity contribution is 5.93. The minimum atomic E-state index is -1.06. The quantitative estimate of drug-likeness (QED) is 0.786. The maximum absolute atomic E-state index is 11.0. The molecule has 98 valence electrons. The lowest BCUT2D eigenvalue weighted by Gasteiger charge is -2.14. The maximum Gasteiger partial charge on any atom is 0.341 e. The largest absolute Gasteiger partial charge is 0.477 e. The molecule has 0 atom stereocenters. The molecule has 2 rings (SSSR count). The Kier molecular flexibility index (Phi) is 3.79. The molecular formula is C13H19N3O2. The summed E-state index contributed by atoms with van der Waals surface area (Å²) in [6.07, 6.45) is 7.05. The van der Waals surface area contributed by atoms with E-state index in [1.54, 1.807) is 6.92 Å². The molecule has 0 spiro atoms. The van der Waals surface area contributed by atoms with Crippen molar-refractivity contribution in [3.8, 4) is 0 Å². The highest BCUT2D eigenvalue weighted by atomic mass is 16.4. The fourth-order valence-corrected chi connectivity index (χ4v) is 2.60. The average molecular weight is 249 g/mol. The standard InChI is InChI=1S/C13H19N3O2/c1-8-10(13(17)18)11(14)16-12(15-8)9-6-4-2-3-5-7-9/h9H,2-7H2,1H3,(H,17,18)(H2,14,15,16). The van der Waals surface area contributed by atoms with E-state index in [1.807, 2.05) is 0 Å². The van der Waals surface area contributed by atoms with Crippen molar-refractivity contribution < 1.29 is 9.90 Å². The minimum Gasteiger partial charge on any atom is -0.477 e. The number of aryl methyl sites for hydroxylation is 1. The highest BCUT2D eigenvalue weighted by Crippen LogP contribution is 2.30. The zero-order chi connectivity index (χ0) is 13.1. The van der Waals surface area contributed by atoms with Crippen LogP contribution in [-0.2, 0) is 0 Å². The molecule has 0 amide bonds. The molecule has 0 saturated heterocycles. The molecular weight excluding hydrogens is 230 g/mol. The van der Waals surface area contributed by atoms with Gasteiger partial charge < -0.3 is 10.8 Å². The zero-order valence-corrected chi connectivity index (χ0v) is 10.6. The van der Waals surface area contributed by atoms with Crippen LogP contribution in [0.15, 0.2) is 0 Å². The summed E-state index contributed by atoms with van der Waals surface area (Å²) >= 11 is 0. The van der Waals surface area contributed by atoms with Crippen molar-refractivity contribution in [2.75, 3.05) is 5.73 Å². The van der Waals surface area contributed by atoms with Crippen LogP contribution in [0, 0.1) is 6.92 Å². The topological polar surface area (TPSA) is 89.1 Å². The van der Waals surface area contributed by atoms with E-state index in [0.717, 1.165) is 18.7 Å². The number of hydrogen-bond donors (Lipinski definition) is 2. The predicted molar refractivity (Wildman–Crippen MR) is 68.6 cm³/mol. The molecule has 1 aromatic heterocycles. The molecule has 18 heavy (non-hydrogen) atoms. The number of carboxylic acid groups (broad SMARTS) is 1. The fourth-order valence-electron chi connectivity index (χ4n) is 2.60. The van der Waals surface area contributed by atoms with Gasteiger partial charge in [-0.25, -0.2) is 14.8 Å². The predicted octanol–water partition coefficient (Wildman–Crippen LogP) is 2.50. The molecule has 0 radical (unpaired) electrons. The van der Waals surface area contributed by atoms with Gasteiger partial charge in [-0.2, -0.15) is 0 Å². The van der Waals surface area contributed by atoms with Crippen LogP contribution in [0.2, 0.25) is 0 Å². The third kappa shape index (κ3) is 2.60. The zero-order valence-electron chi connectivity index (χ0n) is 10.6. The van der Waals surface area contributed by atoms with Crippen LogP contribution in [0.1, 0.15) is 66.3 Å². The summed E-state index contributed by atoms with van der Waals surface area (Å²) in [6, 6.07) is 0. The minimum absolute atomic E-state index is 0.0346. The van der Waals surface area contributed by atoms with Gasteiger partial charge in [0.05, 0.1) is 5.69 Å². The van der Waals surface area contributed by atoms with Crippen LogP contribution in [0.5, 0.6) is 0 Å². The second-order valence-corrected chi connectivity index (χ2v) is 4.92. The first-order valence-electron chi connectivity index (χ1n) is 6.47. The van der Waals surface area contributed by atoms with E-state index < -0.39 is 5.97 Å². The van der Waals surface area contributed by atoms with E-state index >= 15 is 0 Å². The Labute approximate surface area is 106 Å². The number of anilines is 1. The monoisotopic (exact) mass is 249 g/mol. The van der Waals surface area contributed by atoms with Crippen LogP contribution >= 0.6 is 0 Å². The number of hydrogen-bond acceptors (Lipinski definition) is 4. The molecule has 0 unspecified atom stereocenters. The smallest absolute Gasteiger partial charge is 0.341 e. The number of carbonyl (C=O) groups is 1. The summed E-state index contributed by atoms with van der Waals surface area (Å²) in [5, 5.41) is 9.03. The van der Waals surface area contributed by atoms with Gasteiger partial charge >= 0.3 is 5.97 Å². The number of aromatic nitrogens is 2. The van der Waals surface area contributed by atoms with Crippen molar-refractivity contribution >= 4 is 11.8 Å². The lowest BCUT2D eigenvalue weighted by molar-refractivity contribution is 0.0696. The number of nitrogen functional groups attached to an aromatic ring is 1. The number of nitrogens with zero attached hydrogens (tertiary/aromatic N) is 2. The molecule has 0 aliphatic heterocycles. The second kappa shape index (κ2) is 5.33. The first kappa shape index (κ1) is 12.8. The first-order valence-corrected chi connectivity index (χ1v) is 6.47. The van der Waals surface area contributed by atoms with E-state index in [0.29, 0.717) is 11.6 Å². The van der Waals surface area contributed by atoms with Gasteiger partial charge in [0.25, 0.3) is 0 Å². The Morgan fingerprint density at radius 1 is 1.22 bits per heavy atom. The van der Waals surface area contributed by atoms with E-state index in [2.05, 4.69) is 9.97 Å². The van der Waals surface area contributed by atoms with Crippen molar-refractivity contribution in [2.45, 2.75) is 51.4 Å². The Morgan fingerprint density at radius 2 is 1.83 bits per heavy atom. The summed E-state index contributed by atoms with van der Waals surface area (Å²) in [6.45, 7) is 1.68. The summed E-state index contributed by atoms with van der Waals surface area (Å²) in [4.78, 5) is 19.6. The first-order chi connectivity index (χ1) is 8.59. The Bertz CT molecular complexity index is 429. The number of aromatic carboxylic acids is 1. The van der Waals surface area contributed by atoms with Crippen LogP contribution in [0.4, 0.5) is 5.82 Å². The van der Waals surface area contributed by atoms with Crippen LogP contribution in [0.25, 0.3) is 0 Å². The van der Waals surface area contributed by atoms with Crippen LogP contribution < -0.4 is 5.73 Å². The third-order valence-corrected chi connectivity index (χ3v) is 3.57. The van der Waals surface area contributed by atoms with Gasteiger partial charge in [0.15, 0.2) is 0 Å². The van der Waals surface area contributed by atoms with Gasteiger partial charge in [-0.3, -0.25) is 0 Å². The van der Waals surface area contributed by atoms with Crippen LogP contribution in [0.3, 0.4) is 0 Å². The molecule has 1 heterocycles. The molecule has 0 aromatic carbocycles. The lowest BCUT2D eigenvalue weighted by Crippen LogP contribution is -2.14. The normalized spacial score (nSPS) is 17.4. The number of nitrogens with two attached hydrogens (primary N) is 1. The van der Waals surface area contributed by atoms with Gasteiger partial charge in [-0.15, -0.1) is 0 Å².